The Bertz CT molecular complexity index is 734. The summed E-state index contributed by atoms with van der Waals surface area (Å²) < 4.78 is 19.4. The maximum atomic E-state index is 13.6. The molecule has 27 heavy (non-hydrogen) atoms. The molecule has 0 bridgehead atoms. The number of ether oxygens (including phenoxy) is 1. The van der Waals surface area contributed by atoms with Crippen LogP contribution >= 0.6 is 0 Å². The average Bonchev–Trinajstić information content (AvgIpc) is 2.66. The number of hydrogen-bond acceptors (Lipinski definition) is 3. The molecule has 0 aliphatic heterocycles. The van der Waals surface area contributed by atoms with Crippen molar-refractivity contribution in [3.8, 4) is 5.75 Å². The van der Waals surface area contributed by atoms with Crippen molar-refractivity contribution in [2.45, 2.75) is 13.0 Å². The molecule has 0 aliphatic carbocycles. The van der Waals surface area contributed by atoms with Crippen LogP contribution in [0.2, 0.25) is 0 Å². The third-order valence-corrected chi connectivity index (χ3v) is 4.03. The molecule has 0 amide bonds. The molecular weight excluding hydrogens is 343 g/mol. The van der Waals surface area contributed by atoms with Gasteiger partial charge in [0, 0.05) is 26.7 Å². The minimum atomic E-state index is -0.173. The highest BCUT2D eigenvalue weighted by Gasteiger charge is 2.03. The molecular formula is C21H29FN4O. The Morgan fingerprint density at radius 2 is 1.93 bits per heavy atom. The Morgan fingerprint density at radius 3 is 2.67 bits per heavy atom. The fourth-order valence-corrected chi connectivity index (χ4v) is 2.51. The predicted molar refractivity (Wildman–Crippen MR) is 109 cm³/mol. The SMILES string of the molecule is CN=C(NCCc1ccccc1F)NCc1cccc(OCCN(C)C)c1. The second-order valence-electron chi connectivity index (χ2n) is 6.49. The molecule has 0 heterocycles. The number of aliphatic imine (C=N–C) groups is 1. The molecule has 5 nitrogen and oxygen atoms in total. The molecule has 2 N–H and O–H groups in total. The van der Waals surface area contributed by atoms with Gasteiger partial charge in [0.25, 0.3) is 0 Å². The number of likely N-dealkylation sites (N-methyl/N-ethyl adjacent to an activating group) is 1. The number of halogens is 1. The van der Waals surface area contributed by atoms with Gasteiger partial charge in [0.15, 0.2) is 5.96 Å². The molecule has 0 saturated carbocycles. The molecule has 0 radical (unpaired) electrons. The molecule has 6 heteroatoms. The topological polar surface area (TPSA) is 48.9 Å². The summed E-state index contributed by atoms with van der Waals surface area (Å²) in [5, 5.41) is 6.48. The van der Waals surface area contributed by atoms with Crippen molar-refractivity contribution in [1.82, 2.24) is 15.5 Å². The summed E-state index contributed by atoms with van der Waals surface area (Å²) >= 11 is 0. The van der Waals surface area contributed by atoms with Gasteiger partial charge in [0.05, 0.1) is 0 Å². The van der Waals surface area contributed by atoms with Gasteiger partial charge in [-0.3, -0.25) is 4.99 Å². The van der Waals surface area contributed by atoms with Crippen molar-refractivity contribution in [3.63, 3.8) is 0 Å². The molecule has 0 unspecified atom stereocenters. The summed E-state index contributed by atoms with van der Waals surface area (Å²) in [5.41, 5.74) is 1.80. The molecule has 0 fully saturated rings. The lowest BCUT2D eigenvalue weighted by Gasteiger charge is -2.14. The summed E-state index contributed by atoms with van der Waals surface area (Å²) in [6, 6.07) is 14.8. The monoisotopic (exact) mass is 372 g/mol. The number of guanidine groups is 1. The van der Waals surface area contributed by atoms with Crippen molar-refractivity contribution in [3.05, 3.63) is 65.5 Å². The fraction of sp³-hybridized carbons (Fsp3) is 0.381. The highest BCUT2D eigenvalue weighted by molar-refractivity contribution is 5.79. The molecule has 0 atom stereocenters. The number of hydrogen-bond donors (Lipinski definition) is 2. The van der Waals surface area contributed by atoms with Crippen LogP contribution in [0.4, 0.5) is 4.39 Å². The molecule has 2 rings (SSSR count). The Kier molecular flexibility index (Phi) is 8.58. The number of nitrogens with one attached hydrogen (secondary N) is 2. The van der Waals surface area contributed by atoms with Gasteiger partial charge in [-0.1, -0.05) is 30.3 Å². The van der Waals surface area contributed by atoms with Crippen molar-refractivity contribution < 1.29 is 9.13 Å². The highest BCUT2D eigenvalue weighted by atomic mass is 19.1. The third-order valence-electron chi connectivity index (χ3n) is 4.03. The van der Waals surface area contributed by atoms with Gasteiger partial charge in [-0.2, -0.15) is 0 Å². The maximum Gasteiger partial charge on any atom is 0.191 e. The van der Waals surface area contributed by atoms with Crippen LogP contribution in [0.3, 0.4) is 0 Å². The molecule has 0 saturated heterocycles. The second-order valence-corrected chi connectivity index (χ2v) is 6.49. The van der Waals surface area contributed by atoms with Gasteiger partial charge in [-0.05, 0) is 49.8 Å². The average molecular weight is 372 g/mol. The van der Waals surface area contributed by atoms with E-state index in [0.717, 1.165) is 17.9 Å². The smallest absolute Gasteiger partial charge is 0.191 e. The largest absolute Gasteiger partial charge is 0.492 e. The number of nitrogens with zero attached hydrogens (tertiary/aromatic N) is 2. The first kappa shape index (κ1) is 20.7. The van der Waals surface area contributed by atoms with E-state index in [0.29, 0.717) is 37.6 Å². The van der Waals surface area contributed by atoms with Gasteiger partial charge in [0.2, 0.25) is 0 Å². The molecule has 2 aromatic rings. The molecule has 0 aliphatic rings. The zero-order chi connectivity index (χ0) is 19.5. The van der Waals surface area contributed by atoms with Crippen LogP contribution in [0.5, 0.6) is 5.75 Å². The van der Waals surface area contributed by atoms with Crippen LogP contribution in [0.25, 0.3) is 0 Å². The lowest BCUT2D eigenvalue weighted by molar-refractivity contribution is 0.261. The maximum absolute atomic E-state index is 13.6. The highest BCUT2D eigenvalue weighted by Crippen LogP contribution is 2.13. The Labute approximate surface area is 161 Å². The summed E-state index contributed by atoms with van der Waals surface area (Å²) in [4.78, 5) is 6.30. The molecule has 2 aromatic carbocycles. The molecule has 0 spiro atoms. The van der Waals surface area contributed by atoms with Crippen molar-refractivity contribution in [1.29, 1.82) is 0 Å². The van der Waals surface area contributed by atoms with Crippen LogP contribution in [-0.2, 0) is 13.0 Å². The number of benzene rings is 2. The first-order valence-electron chi connectivity index (χ1n) is 9.13. The van der Waals surface area contributed by atoms with Gasteiger partial charge < -0.3 is 20.3 Å². The fourth-order valence-electron chi connectivity index (χ4n) is 2.51. The van der Waals surface area contributed by atoms with E-state index in [9.17, 15) is 4.39 Å². The Hall–Kier alpha value is -2.60. The van der Waals surface area contributed by atoms with Crippen LogP contribution in [0, 0.1) is 5.82 Å². The van der Waals surface area contributed by atoms with Crippen molar-refractivity contribution in [2.75, 3.05) is 40.8 Å². The van der Waals surface area contributed by atoms with Gasteiger partial charge in [-0.25, -0.2) is 4.39 Å². The van der Waals surface area contributed by atoms with Crippen molar-refractivity contribution in [2.24, 2.45) is 4.99 Å². The first-order chi connectivity index (χ1) is 13.1. The van der Waals surface area contributed by atoms with E-state index in [1.807, 2.05) is 44.4 Å². The van der Waals surface area contributed by atoms with Crippen LogP contribution in [0.1, 0.15) is 11.1 Å². The first-order valence-corrected chi connectivity index (χ1v) is 9.13. The lowest BCUT2D eigenvalue weighted by Crippen LogP contribution is -2.37. The Balaban J connectivity index is 1.77. The van der Waals surface area contributed by atoms with Crippen LogP contribution < -0.4 is 15.4 Å². The zero-order valence-electron chi connectivity index (χ0n) is 16.3. The van der Waals surface area contributed by atoms with Crippen LogP contribution in [-0.4, -0.2) is 51.7 Å². The second kappa shape index (κ2) is 11.2. The normalized spacial score (nSPS) is 11.5. The van der Waals surface area contributed by atoms with E-state index in [1.54, 1.807) is 19.2 Å². The standard InChI is InChI=1S/C21H29FN4O/c1-23-21(24-12-11-18-8-4-5-10-20(18)22)25-16-17-7-6-9-19(15-17)27-14-13-26(2)3/h4-10,15H,11-14,16H2,1-3H3,(H2,23,24,25). The van der Waals surface area contributed by atoms with E-state index in [4.69, 9.17) is 4.74 Å². The summed E-state index contributed by atoms with van der Waals surface area (Å²) in [6.07, 6.45) is 0.600. The van der Waals surface area contributed by atoms with Gasteiger partial charge in [-0.15, -0.1) is 0 Å². The minimum absolute atomic E-state index is 0.173. The van der Waals surface area contributed by atoms with E-state index < -0.39 is 0 Å². The van der Waals surface area contributed by atoms with Gasteiger partial charge in [0.1, 0.15) is 18.2 Å². The zero-order valence-corrected chi connectivity index (χ0v) is 16.3. The van der Waals surface area contributed by atoms with E-state index in [-0.39, 0.29) is 5.82 Å². The van der Waals surface area contributed by atoms with Crippen LogP contribution in [0.15, 0.2) is 53.5 Å². The summed E-state index contributed by atoms with van der Waals surface area (Å²) in [5.74, 6) is 1.37. The predicted octanol–water partition coefficient (Wildman–Crippen LogP) is 2.67. The third kappa shape index (κ3) is 7.66. The summed E-state index contributed by atoms with van der Waals surface area (Å²) in [6.45, 7) is 2.77. The quantitative estimate of drug-likeness (QED) is 0.525. The lowest BCUT2D eigenvalue weighted by atomic mass is 10.1. The van der Waals surface area contributed by atoms with E-state index >= 15 is 0 Å². The van der Waals surface area contributed by atoms with Crippen molar-refractivity contribution >= 4 is 5.96 Å². The molecule has 0 aromatic heterocycles. The van der Waals surface area contributed by atoms with E-state index in [1.165, 1.54) is 6.07 Å². The van der Waals surface area contributed by atoms with Gasteiger partial charge >= 0.3 is 0 Å². The number of rotatable bonds is 9. The van der Waals surface area contributed by atoms with E-state index in [2.05, 4.69) is 20.5 Å². The minimum Gasteiger partial charge on any atom is -0.492 e. The summed E-state index contributed by atoms with van der Waals surface area (Å²) in [7, 11) is 5.77. The Morgan fingerprint density at radius 1 is 1.11 bits per heavy atom. The molecule has 146 valence electrons.